The van der Waals surface area contributed by atoms with Gasteiger partial charge in [0, 0.05) is 25.2 Å². The third-order valence-corrected chi connectivity index (χ3v) is 2.97. The molecular formula is C11H19NO5. The van der Waals surface area contributed by atoms with Crippen molar-refractivity contribution in [3.63, 3.8) is 0 Å². The number of amides is 1. The number of carbonyl (C=O) groups is 2. The van der Waals surface area contributed by atoms with Crippen LogP contribution in [0.4, 0.5) is 0 Å². The molecule has 6 heteroatoms. The van der Waals surface area contributed by atoms with Crippen molar-refractivity contribution >= 4 is 11.9 Å². The molecule has 1 saturated heterocycles. The normalized spacial score (nSPS) is 18.5. The Kier molecular flexibility index (Phi) is 5.37. The maximum absolute atomic E-state index is 11.3. The fourth-order valence-electron chi connectivity index (χ4n) is 1.73. The molecule has 0 spiro atoms. The van der Waals surface area contributed by atoms with Crippen LogP contribution in [0.1, 0.15) is 19.8 Å². The van der Waals surface area contributed by atoms with Crippen molar-refractivity contribution in [2.75, 3.05) is 33.0 Å². The van der Waals surface area contributed by atoms with Gasteiger partial charge in [-0.2, -0.15) is 0 Å². The van der Waals surface area contributed by atoms with E-state index in [1.54, 1.807) is 6.92 Å². The van der Waals surface area contributed by atoms with E-state index in [-0.39, 0.29) is 25.2 Å². The van der Waals surface area contributed by atoms with Crippen molar-refractivity contribution < 1.29 is 24.2 Å². The Morgan fingerprint density at radius 3 is 2.59 bits per heavy atom. The van der Waals surface area contributed by atoms with Crippen LogP contribution in [0.3, 0.4) is 0 Å². The Morgan fingerprint density at radius 1 is 1.41 bits per heavy atom. The van der Waals surface area contributed by atoms with Crippen LogP contribution in [-0.2, 0) is 19.1 Å². The first-order valence-corrected chi connectivity index (χ1v) is 5.77. The van der Waals surface area contributed by atoms with Gasteiger partial charge in [-0.3, -0.25) is 4.79 Å². The summed E-state index contributed by atoms with van der Waals surface area (Å²) in [6.45, 7) is 3.18. The highest BCUT2D eigenvalue weighted by molar-refractivity contribution is 6.32. The molecule has 1 amide bonds. The number of aliphatic hydroxyl groups excluding tert-OH is 1. The second-order valence-corrected chi connectivity index (χ2v) is 4.17. The summed E-state index contributed by atoms with van der Waals surface area (Å²) in [5.41, 5.74) is -0.375. The molecule has 0 atom stereocenters. The second-order valence-electron chi connectivity index (χ2n) is 4.17. The largest absolute Gasteiger partial charge is 0.459 e. The van der Waals surface area contributed by atoms with Crippen LogP contribution >= 0.6 is 0 Å². The summed E-state index contributed by atoms with van der Waals surface area (Å²) in [4.78, 5) is 22.4. The zero-order valence-electron chi connectivity index (χ0n) is 10.0. The lowest BCUT2D eigenvalue weighted by Crippen LogP contribution is -2.45. The number of esters is 1. The van der Waals surface area contributed by atoms with Gasteiger partial charge in [0.1, 0.15) is 0 Å². The Bertz CT molecular complexity index is 273. The summed E-state index contributed by atoms with van der Waals surface area (Å²) in [7, 11) is 0. The summed E-state index contributed by atoms with van der Waals surface area (Å²) in [5, 5.41) is 11.9. The first-order chi connectivity index (χ1) is 8.13. The lowest BCUT2D eigenvalue weighted by Gasteiger charge is -2.35. The second kappa shape index (κ2) is 6.56. The average Bonchev–Trinajstić information content (AvgIpc) is 2.37. The molecule has 0 unspecified atom stereocenters. The van der Waals surface area contributed by atoms with E-state index < -0.39 is 11.9 Å². The molecule has 0 aromatic carbocycles. The van der Waals surface area contributed by atoms with Crippen LogP contribution < -0.4 is 5.32 Å². The highest BCUT2D eigenvalue weighted by Crippen LogP contribution is 2.28. The molecule has 0 aliphatic carbocycles. The van der Waals surface area contributed by atoms with Gasteiger partial charge in [0.2, 0.25) is 0 Å². The summed E-state index contributed by atoms with van der Waals surface area (Å²) < 4.78 is 9.78. The fourth-order valence-corrected chi connectivity index (χ4v) is 1.73. The molecule has 98 valence electrons. The van der Waals surface area contributed by atoms with Gasteiger partial charge in [-0.05, 0) is 19.8 Å². The predicted molar refractivity (Wildman–Crippen MR) is 59.2 cm³/mol. The smallest absolute Gasteiger partial charge is 0.396 e. The summed E-state index contributed by atoms with van der Waals surface area (Å²) in [6, 6.07) is 0. The van der Waals surface area contributed by atoms with E-state index in [0.717, 1.165) is 0 Å². The zero-order chi connectivity index (χ0) is 12.7. The molecule has 0 aromatic rings. The molecule has 1 rings (SSSR count). The first kappa shape index (κ1) is 13.9. The van der Waals surface area contributed by atoms with Gasteiger partial charge in [0.25, 0.3) is 0 Å². The van der Waals surface area contributed by atoms with E-state index in [9.17, 15) is 14.7 Å². The quantitative estimate of drug-likeness (QED) is 0.513. The number of nitrogens with one attached hydrogen (secondary N) is 1. The van der Waals surface area contributed by atoms with Gasteiger partial charge in [0.15, 0.2) is 0 Å². The highest BCUT2D eigenvalue weighted by atomic mass is 16.5. The van der Waals surface area contributed by atoms with Gasteiger partial charge >= 0.3 is 11.9 Å². The SMILES string of the molecule is CCOC(=O)C(=O)NCC1(CO)CCOCC1. The van der Waals surface area contributed by atoms with Gasteiger partial charge < -0.3 is 19.9 Å². The summed E-state index contributed by atoms with van der Waals surface area (Å²) >= 11 is 0. The van der Waals surface area contributed by atoms with Crippen LogP contribution in [0.15, 0.2) is 0 Å². The lowest BCUT2D eigenvalue weighted by atomic mass is 9.81. The van der Waals surface area contributed by atoms with E-state index >= 15 is 0 Å². The zero-order valence-corrected chi connectivity index (χ0v) is 10.0. The third kappa shape index (κ3) is 3.98. The van der Waals surface area contributed by atoms with Crippen LogP contribution in [0, 0.1) is 5.41 Å². The fraction of sp³-hybridized carbons (Fsp3) is 0.818. The van der Waals surface area contributed by atoms with Crippen molar-refractivity contribution in [1.29, 1.82) is 0 Å². The Balaban J connectivity index is 2.41. The van der Waals surface area contributed by atoms with Gasteiger partial charge in [-0.25, -0.2) is 4.79 Å². The van der Waals surface area contributed by atoms with Crippen LogP contribution in [0.25, 0.3) is 0 Å². The number of rotatable bonds is 4. The number of aliphatic hydroxyl groups is 1. The molecule has 1 aliphatic heterocycles. The monoisotopic (exact) mass is 245 g/mol. The maximum Gasteiger partial charge on any atom is 0.396 e. The van der Waals surface area contributed by atoms with Crippen molar-refractivity contribution in [3.05, 3.63) is 0 Å². The maximum atomic E-state index is 11.3. The molecule has 2 N–H and O–H groups in total. The highest BCUT2D eigenvalue weighted by Gasteiger charge is 2.33. The minimum absolute atomic E-state index is 0.0283. The molecule has 17 heavy (non-hydrogen) atoms. The van der Waals surface area contributed by atoms with Gasteiger partial charge in [0.05, 0.1) is 13.2 Å². The number of carbonyl (C=O) groups excluding carboxylic acids is 2. The Labute approximate surface area is 100 Å². The van der Waals surface area contributed by atoms with Gasteiger partial charge in [-0.15, -0.1) is 0 Å². The predicted octanol–water partition coefficient (Wildman–Crippen LogP) is -0.545. The van der Waals surface area contributed by atoms with E-state index in [4.69, 9.17) is 4.74 Å². The number of ether oxygens (including phenoxy) is 2. The molecule has 1 fully saturated rings. The molecule has 1 aliphatic rings. The molecule has 0 aromatic heterocycles. The van der Waals surface area contributed by atoms with Crippen molar-refractivity contribution in [2.24, 2.45) is 5.41 Å². The van der Waals surface area contributed by atoms with Crippen molar-refractivity contribution in [3.8, 4) is 0 Å². The van der Waals surface area contributed by atoms with Crippen LogP contribution in [0.2, 0.25) is 0 Å². The minimum Gasteiger partial charge on any atom is -0.459 e. The summed E-state index contributed by atoms with van der Waals surface area (Å²) in [5.74, 6) is -1.64. The number of hydrogen-bond acceptors (Lipinski definition) is 5. The minimum atomic E-state index is -0.882. The Hall–Kier alpha value is -1.14. The molecule has 6 nitrogen and oxygen atoms in total. The van der Waals surface area contributed by atoms with Crippen LogP contribution in [-0.4, -0.2) is 50.0 Å². The average molecular weight is 245 g/mol. The molecular weight excluding hydrogens is 226 g/mol. The van der Waals surface area contributed by atoms with Crippen LogP contribution in [0.5, 0.6) is 0 Å². The molecule has 0 radical (unpaired) electrons. The van der Waals surface area contributed by atoms with E-state index in [0.29, 0.717) is 26.1 Å². The molecule has 1 heterocycles. The number of hydrogen-bond donors (Lipinski definition) is 2. The van der Waals surface area contributed by atoms with Gasteiger partial charge in [-0.1, -0.05) is 0 Å². The lowest BCUT2D eigenvalue weighted by molar-refractivity contribution is -0.155. The third-order valence-electron chi connectivity index (χ3n) is 2.97. The van der Waals surface area contributed by atoms with E-state index in [1.165, 1.54) is 0 Å². The van der Waals surface area contributed by atoms with Crippen molar-refractivity contribution in [2.45, 2.75) is 19.8 Å². The first-order valence-electron chi connectivity index (χ1n) is 5.77. The topological polar surface area (TPSA) is 84.9 Å². The van der Waals surface area contributed by atoms with Crippen molar-refractivity contribution in [1.82, 2.24) is 5.32 Å². The Morgan fingerprint density at radius 2 is 2.06 bits per heavy atom. The van der Waals surface area contributed by atoms with E-state index in [1.807, 2.05) is 0 Å². The molecule has 0 saturated carbocycles. The summed E-state index contributed by atoms with van der Waals surface area (Å²) in [6.07, 6.45) is 1.35. The van der Waals surface area contributed by atoms with E-state index in [2.05, 4.69) is 10.1 Å². The standard InChI is InChI=1S/C11H19NO5/c1-2-17-10(15)9(14)12-7-11(8-13)3-5-16-6-4-11/h13H,2-8H2,1H3,(H,12,14). The molecule has 0 bridgehead atoms.